The van der Waals surface area contributed by atoms with E-state index in [4.69, 9.17) is 9.47 Å². The normalized spacial score (nSPS) is 51.7. The molecule has 4 aliphatic carbocycles. The number of nitrogens with one attached hydrogen (secondary N) is 2. The number of hydrogen-bond donors (Lipinski definition) is 2. The first-order valence-corrected chi connectivity index (χ1v) is 17.9. The SMILES string of the molecule is C[C@@H]1CC[C@@]2(OC1)O[C@H]1C[C@H]3[C@@H]4CC=C5C[C@@H](NC(=O)CC(=O)N6CC7CNCC7C6)CC[C@]5(C)[C@H]4CC[C@]3(C)[C@H]1[C@@H]2C. The van der Waals surface area contributed by atoms with E-state index < -0.39 is 0 Å². The van der Waals surface area contributed by atoms with Crippen LogP contribution in [0.4, 0.5) is 0 Å². The lowest BCUT2D eigenvalue weighted by molar-refractivity contribution is -0.272. The molecule has 3 saturated carbocycles. The van der Waals surface area contributed by atoms with Crippen molar-refractivity contribution in [3.63, 3.8) is 0 Å². The summed E-state index contributed by atoms with van der Waals surface area (Å²) in [4.78, 5) is 27.8. The van der Waals surface area contributed by atoms with E-state index in [-0.39, 0.29) is 35.5 Å². The van der Waals surface area contributed by atoms with Crippen LogP contribution in [0.15, 0.2) is 11.6 Å². The minimum atomic E-state index is -0.337. The van der Waals surface area contributed by atoms with Crippen LogP contribution in [0.2, 0.25) is 0 Å². The van der Waals surface area contributed by atoms with Crippen molar-refractivity contribution in [3.05, 3.63) is 11.6 Å². The second-order valence-corrected chi connectivity index (χ2v) is 16.9. The van der Waals surface area contributed by atoms with E-state index in [1.807, 2.05) is 4.90 Å². The van der Waals surface area contributed by atoms with Gasteiger partial charge in [-0.05, 0) is 104 Å². The summed E-state index contributed by atoms with van der Waals surface area (Å²) in [6.07, 6.45) is 13.3. The zero-order valence-corrected chi connectivity index (χ0v) is 27.0. The summed E-state index contributed by atoms with van der Waals surface area (Å²) in [6.45, 7) is 14.4. The van der Waals surface area contributed by atoms with Gasteiger partial charge < -0.3 is 25.0 Å². The van der Waals surface area contributed by atoms with Gasteiger partial charge in [0.25, 0.3) is 0 Å². The molecule has 0 radical (unpaired) electrons. The molecule has 1 spiro atoms. The Labute approximate surface area is 258 Å². The highest BCUT2D eigenvalue weighted by molar-refractivity contribution is 5.97. The fraction of sp³-hybridized carbons (Fsp3) is 0.889. The van der Waals surface area contributed by atoms with Gasteiger partial charge in [-0.3, -0.25) is 9.59 Å². The zero-order chi connectivity index (χ0) is 29.7. The third-order valence-electron chi connectivity index (χ3n) is 14.8. The van der Waals surface area contributed by atoms with Crippen LogP contribution in [0.5, 0.6) is 0 Å². The molecule has 0 aromatic carbocycles. The summed E-state index contributed by atoms with van der Waals surface area (Å²) >= 11 is 0. The monoisotopic (exact) mass is 593 g/mol. The average molecular weight is 594 g/mol. The minimum absolute atomic E-state index is 0.00117. The van der Waals surface area contributed by atoms with Crippen LogP contribution >= 0.6 is 0 Å². The van der Waals surface area contributed by atoms with Crippen molar-refractivity contribution in [2.24, 2.45) is 58.2 Å². The van der Waals surface area contributed by atoms with Gasteiger partial charge in [0.05, 0.1) is 12.7 Å². The Morgan fingerprint density at radius 1 is 1.05 bits per heavy atom. The second-order valence-electron chi connectivity index (χ2n) is 16.9. The maximum atomic E-state index is 13.0. The summed E-state index contributed by atoms with van der Waals surface area (Å²) in [6, 6.07) is 0.154. The number of fused-ring (bicyclic) bond motifs is 8. The van der Waals surface area contributed by atoms with E-state index >= 15 is 0 Å². The van der Waals surface area contributed by atoms with E-state index in [1.54, 1.807) is 5.57 Å². The van der Waals surface area contributed by atoms with E-state index in [0.717, 1.165) is 76.2 Å². The van der Waals surface area contributed by atoms with Gasteiger partial charge in [0, 0.05) is 44.6 Å². The fourth-order valence-electron chi connectivity index (χ4n) is 12.4. The van der Waals surface area contributed by atoms with E-state index in [0.29, 0.717) is 41.1 Å². The van der Waals surface area contributed by atoms with Crippen LogP contribution in [0.25, 0.3) is 0 Å². The van der Waals surface area contributed by atoms with Crippen molar-refractivity contribution < 1.29 is 19.1 Å². The lowest BCUT2D eigenvalue weighted by atomic mass is 9.46. The number of amides is 2. The number of carbonyl (C=O) groups excluding carboxylic acids is 2. The summed E-state index contributed by atoms with van der Waals surface area (Å²) in [5.74, 6) is 4.61. The molecule has 4 saturated heterocycles. The molecule has 43 heavy (non-hydrogen) atoms. The Hall–Kier alpha value is -1.44. The standard InChI is InChI=1S/C36H55N3O4/c1-21-7-12-36(42-20-21)22(2)33-30(43-36)14-29-27-6-5-25-13-26(8-10-34(25,3)28(27)9-11-35(29,33)4)38-31(40)15-32(41)39-18-23-16-37-17-24(23)19-39/h5,21-24,26-30,33,37H,6-20H2,1-4H3,(H,38,40)/t21-,22+,23?,24?,26+,27-,28+,29+,30+,33+,34+,35+,36-/m1/s1. The minimum Gasteiger partial charge on any atom is -0.353 e. The molecule has 13 atom stereocenters. The predicted octanol–water partition coefficient (Wildman–Crippen LogP) is 4.91. The third kappa shape index (κ3) is 4.44. The molecule has 2 unspecified atom stereocenters. The highest BCUT2D eigenvalue weighted by Gasteiger charge is 2.68. The molecule has 4 aliphatic heterocycles. The van der Waals surface area contributed by atoms with Crippen molar-refractivity contribution in [2.75, 3.05) is 32.8 Å². The highest BCUT2D eigenvalue weighted by atomic mass is 16.7. The van der Waals surface area contributed by atoms with Gasteiger partial charge in [-0.2, -0.15) is 0 Å². The Bertz CT molecular complexity index is 1170. The van der Waals surface area contributed by atoms with Gasteiger partial charge in [-0.1, -0.05) is 39.3 Å². The van der Waals surface area contributed by atoms with Crippen molar-refractivity contribution in [1.82, 2.24) is 15.5 Å². The number of likely N-dealkylation sites (tertiary alicyclic amines) is 1. The van der Waals surface area contributed by atoms with E-state index in [1.165, 1.54) is 32.1 Å². The summed E-state index contributed by atoms with van der Waals surface area (Å²) in [7, 11) is 0. The molecular formula is C36H55N3O4. The first-order valence-electron chi connectivity index (χ1n) is 17.9. The molecule has 8 aliphatic rings. The van der Waals surface area contributed by atoms with Crippen molar-refractivity contribution in [2.45, 2.75) is 110 Å². The quantitative estimate of drug-likeness (QED) is 0.359. The molecule has 7 nitrogen and oxygen atoms in total. The van der Waals surface area contributed by atoms with Crippen LogP contribution in [0.3, 0.4) is 0 Å². The molecule has 8 rings (SSSR count). The predicted molar refractivity (Wildman–Crippen MR) is 165 cm³/mol. The van der Waals surface area contributed by atoms with Gasteiger partial charge in [0.15, 0.2) is 5.79 Å². The van der Waals surface area contributed by atoms with Crippen LogP contribution in [-0.4, -0.2) is 67.4 Å². The number of ether oxygens (including phenoxy) is 2. The molecule has 0 aromatic heterocycles. The van der Waals surface area contributed by atoms with Gasteiger partial charge in [0.2, 0.25) is 11.8 Å². The van der Waals surface area contributed by atoms with Gasteiger partial charge >= 0.3 is 0 Å². The molecule has 2 N–H and O–H groups in total. The van der Waals surface area contributed by atoms with Crippen molar-refractivity contribution >= 4 is 11.8 Å². The third-order valence-corrected chi connectivity index (χ3v) is 14.8. The smallest absolute Gasteiger partial charge is 0.232 e. The Morgan fingerprint density at radius 3 is 2.58 bits per heavy atom. The molecule has 2 amide bonds. The largest absolute Gasteiger partial charge is 0.353 e. The number of rotatable bonds is 3. The summed E-state index contributed by atoms with van der Waals surface area (Å²) in [5, 5.41) is 6.71. The van der Waals surface area contributed by atoms with Gasteiger partial charge in [0.1, 0.15) is 6.42 Å². The molecule has 238 valence electrons. The van der Waals surface area contributed by atoms with Gasteiger partial charge in [-0.15, -0.1) is 0 Å². The van der Waals surface area contributed by atoms with E-state index in [9.17, 15) is 9.59 Å². The Balaban J connectivity index is 0.910. The van der Waals surface area contributed by atoms with Crippen molar-refractivity contribution in [1.29, 1.82) is 0 Å². The van der Waals surface area contributed by atoms with Crippen LogP contribution in [0, 0.1) is 58.2 Å². The summed E-state index contributed by atoms with van der Waals surface area (Å²) < 4.78 is 13.5. The zero-order valence-electron chi connectivity index (χ0n) is 27.0. The highest BCUT2D eigenvalue weighted by Crippen LogP contribution is 2.70. The molecule has 7 fully saturated rings. The number of hydrogen-bond acceptors (Lipinski definition) is 5. The molecule has 0 bridgehead atoms. The van der Waals surface area contributed by atoms with Crippen molar-refractivity contribution in [3.8, 4) is 0 Å². The lowest BCUT2D eigenvalue weighted by Crippen LogP contribution is -2.53. The Morgan fingerprint density at radius 2 is 1.84 bits per heavy atom. The van der Waals surface area contributed by atoms with E-state index in [2.05, 4.69) is 44.4 Å². The Kier molecular flexibility index (Phi) is 6.94. The maximum Gasteiger partial charge on any atom is 0.232 e. The topological polar surface area (TPSA) is 79.9 Å². The molecule has 0 aromatic rings. The maximum absolute atomic E-state index is 13.0. The lowest BCUT2D eigenvalue weighted by Gasteiger charge is -2.58. The fourth-order valence-corrected chi connectivity index (χ4v) is 12.4. The molecule has 7 heteroatoms. The summed E-state index contributed by atoms with van der Waals surface area (Å²) in [5.41, 5.74) is 2.15. The molecular weight excluding hydrogens is 538 g/mol. The number of allylic oxidation sites excluding steroid dienone is 1. The molecule has 4 heterocycles. The first kappa shape index (κ1) is 29.0. The average Bonchev–Trinajstić information content (AvgIpc) is 3.71. The van der Waals surface area contributed by atoms with Crippen LogP contribution < -0.4 is 10.6 Å². The first-order chi connectivity index (χ1) is 20.6. The second kappa shape index (κ2) is 10.3. The number of nitrogens with zero attached hydrogens (tertiary/aromatic N) is 1. The van der Waals surface area contributed by atoms with Crippen LogP contribution in [0.1, 0.15) is 91.9 Å². The number of carbonyl (C=O) groups is 2. The van der Waals surface area contributed by atoms with Gasteiger partial charge in [-0.25, -0.2) is 0 Å². The van der Waals surface area contributed by atoms with Crippen LogP contribution in [-0.2, 0) is 19.1 Å².